The Morgan fingerprint density at radius 3 is 2.72 bits per heavy atom. The van der Waals surface area contributed by atoms with E-state index in [1.165, 1.54) is 44.9 Å². The highest BCUT2D eigenvalue weighted by molar-refractivity contribution is 5.69. The normalized spacial score (nSPS) is 44.9. The number of hydrogen-bond acceptors (Lipinski definition) is 3. The van der Waals surface area contributed by atoms with Crippen LogP contribution >= 0.6 is 0 Å². The molecule has 3 nitrogen and oxygen atoms in total. The number of allylic oxidation sites excluding steroid dienone is 1. The average molecular weight is 403 g/mol. The molecular formula is C26H42O3. The summed E-state index contributed by atoms with van der Waals surface area (Å²) in [6.45, 7) is 9.87. The fourth-order valence-electron chi connectivity index (χ4n) is 8.47. The molecule has 0 aromatic heterocycles. The molecule has 0 aromatic carbocycles. The van der Waals surface area contributed by atoms with Crippen molar-refractivity contribution < 1.29 is 14.6 Å². The lowest BCUT2D eigenvalue weighted by atomic mass is 9.46. The highest BCUT2D eigenvalue weighted by atomic mass is 16.5. The van der Waals surface area contributed by atoms with E-state index in [0.29, 0.717) is 29.8 Å². The highest BCUT2D eigenvalue weighted by Gasteiger charge is 2.59. The Morgan fingerprint density at radius 1 is 1.17 bits per heavy atom. The molecule has 0 spiro atoms. The first-order chi connectivity index (χ1) is 13.8. The molecular weight excluding hydrogens is 360 g/mol. The molecule has 0 amide bonds. The number of rotatable bonds is 5. The van der Waals surface area contributed by atoms with Gasteiger partial charge < -0.3 is 9.84 Å². The molecule has 0 saturated heterocycles. The minimum atomic E-state index is -0.209. The summed E-state index contributed by atoms with van der Waals surface area (Å²) >= 11 is 0. The SMILES string of the molecule is CCOC(=O)CC[C@H](C)[C@H]1CC[C@@H]2[C@H]3CCC4=C[C@H](O)CC[C@]4(C)[C@H]3CC[C@@]21C. The molecule has 3 heteroatoms. The Hall–Kier alpha value is -0.830. The number of ether oxygens (including phenoxy) is 1. The van der Waals surface area contributed by atoms with E-state index in [4.69, 9.17) is 4.74 Å². The number of aliphatic hydroxyl groups is 1. The van der Waals surface area contributed by atoms with Gasteiger partial charge in [0.2, 0.25) is 0 Å². The molecule has 29 heavy (non-hydrogen) atoms. The van der Waals surface area contributed by atoms with E-state index in [0.717, 1.165) is 36.5 Å². The summed E-state index contributed by atoms with van der Waals surface area (Å²) in [5, 5.41) is 10.2. The predicted molar refractivity (Wildman–Crippen MR) is 116 cm³/mol. The van der Waals surface area contributed by atoms with Crippen molar-refractivity contribution in [2.24, 2.45) is 40.4 Å². The smallest absolute Gasteiger partial charge is 0.305 e. The van der Waals surface area contributed by atoms with Gasteiger partial charge in [-0.3, -0.25) is 4.79 Å². The van der Waals surface area contributed by atoms with E-state index < -0.39 is 0 Å². The predicted octanol–water partition coefficient (Wildman–Crippen LogP) is 5.91. The number of carbonyl (C=O) groups is 1. The summed E-state index contributed by atoms with van der Waals surface area (Å²) in [5.74, 6) is 3.84. The molecule has 4 aliphatic carbocycles. The summed E-state index contributed by atoms with van der Waals surface area (Å²) < 4.78 is 5.16. The fraction of sp³-hybridized carbons (Fsp3) is 0.885. The highest BCUT2D eigenvalue weighted by Crippen LogP contribution is 2.67. The van der Waals surface area contributed by atoms with E-state index >= 15 is 0 Å². The maximum Gasteiger partial charge on any atom is 0.305 e. The van der Waals surface area contributed by atoms with Crippen LogP contribution in [-0.4, -0.2) is 23.8 Å². The Bertz CT molecular complexity index is 654. The maximum absolute atomic E-state index is 11.9. The second-order valence-corrected chi connectivity index (χ2v) is 11.2. The van der Waals surface area contributed by atoms with Crippen LogP contribution in [0.2, 0.25) is 0 Å². The maximum atomic E-state index is 11.9. The van der Waals surface area contributed by atoms with Crippen molar-refractivity contribution >= 4 is 5.97 Å². The molecule has 0 bridgehead atoms. The van der Waals surface area contributed by atoms with Crippen LogP contribution < -0.4 is 0 Å². The van der Waals surface area contributed by atoms with Crippen LogP contribution in [-0.2, 0) is 9.53 Å². The third-order valence-corrected chi connectivity index (χ3v) is 9.96. The first-order valence-corrected chi connectivity index (χ1v) is 12.3. The zero-order valence-corrected chi connectivity index (χ0v) is 19.1. The van der Waals surface area contributed by atoms with Gasteiger partial charge in [0, 0.05) is 6.42 Å². The molecule has 0 heterocycles. The van der Waals surface area contributed by atoms with Gasteiger partial charge in [-0.25, -0.2) is 0 Å². The van der Waals surface area contributed by atoms with Gasteiger partial charge in [0.05, 0.1) is 12.7 Å². The molecule has 8 atom stereocenters. The molecule has 3 saturated carbocycles. The van der Waals surface area contributed by atoms with Gasteiger partial charge in [0.1, 0.15) is 0 Å². The lowest BCUT2D eigenvalue weighted by Gasteiger charge is -2.59. The van der Waals surface area contributed by atoms with Crippen LogP contribution in [0.5, 0.6) is 0 Å². The number of fused-ring (bicyclic) bond motifs is 5. The molecule has 0 radical (unpaired) electrons. The van der Waals surface area contributed by atoms with Gasteiger partial charge in [-0.05, 0) is 105 Å². The third kappa shape index (κ3) is 3.60. The summed E-state index contributed by atoms with van der Waals surface area (Å²) in [6, 6.07) is 0. The van der Waals surface area contributed by atoms with E-state index in [-0.39, 0.29) is 12.1 Å². The van der Waals surface area contributed by atoms with Gasteiger partial charge in [-0.2, -0.15) is 0 Å². The summed E-state index contributed by atoms with van der Waals surface area (Å²) in [6.07, 6.45) is 13.6. The molecule has 0 unspecified atom stereocenters. The van der Waals surface area contributed by atoms with Crippen LogP contribution in [0.4, 0.5) is 0 Å². The molecule has 164 valence electrons. The lowest BCUT2D eigenvalue weighted by molar-refractivity contribution is -0.143. The third-order valence-electron chi connectivity index (χ3n) is 9.96. The molecule has 0 aromatic rings. The largest absolute Gasteiger partial charge is 0.466 e. The quantitative estimate of drug-likeness (QED) is 0.459. The Labute approximate surface area is 177 Å². The molecule has 1 N–H and O–H groups in total. The first-order valence-electron chi connectivity index (χ1n) is 12.3. The van der Waals surface area contributed by atoms with Crippen LogP contribution in [0.1, 0.15) is 91.9 Å². The summed E-state index contributed by atoms with van der Waals surface area (Å²) in [4.78, 5) is 11.9. The van der Waals surface area contributed by atoms with Crippen LogP contribution in [0.25, 0.3) is 0 Å². The number of hydrogen-bond donors (Lipinski definition) is 1. The van der Waals surface area contributed by atoms with Crippen LogP contribution in [0.3, 0.4) is 0 Å². The lowest BCUT2D eigenvalue weighted by Crippen LogP contribution is -2.51. The van der Waals surface area contributed by atoms with Crippen molar-refractivity contribution in [1.29, 1.82) is 0 Å². The standard InChI is InChI=1S/C26H42O3/c1-5-29-24(28)11-6-17(2)21-9-10-22-20-8-7-18-16-19(27)12-14-25(18,3)23(20)13-15-26(21,22)4/h16-17,19-23,27H,5-15H2,1-4H3/t17-,19+,20+,21+,22+,23-,25-,26+/m0/s1. The number of esters is 1. The van der Waals surface area contributed by atoms with Crippen molar-refractivity contribution in [2.75, 3.05) is 6.61 Å². The molecule has 4 rings (SSSR count). The zero-order valence-electron chi connectivity index (χ0n) is 19.1. The molecule has 0 aliphatic heterocycles. The average Bonchev–Trinajstić information content (AvgIpc) is 3.04. The number of aliphatic hydroxyl groups excluding tert-OH is 1. The van der Waals surface area contributed by atoms with Crippen molar-refractivity contribution in [3.63, 3.8) is 0 Å². The summed E-state index contributed by atoms with van der Waals surface area (Å²) in [5.41, 5.74) is 2.34. The monoisotopic (exact) mass is 402 g/mol. The minimum Gasteiger partial charge on any atom is -0.466 e. The number of carbonyl (C=O) groups excluding carboxylic acids is 1. The van der Waals surface area contributed by atoms with Crippen LogP contribution in [0, 0.1) is 40.4 Å². The van der Waals surface area contributed by atoms with E-state index in [1.54, 1.807) is 5.57 Å². The molecule has 4 aliphatic rings. The van der Waals surface area contributed by atoms with E-state index in [1.807, 2.05) is 6.92 Å². The zero-order chi connectivity index (χ0) is 20.8. The Balaban J connectivity index is 1.47. The topological polar surface area (TPSA) is 46.5 Å². The van der Waals surface area contributed by atoms with Crippen molar-refractivity contribution in [3.05, 3.63) is 11.6 Å². The van der Waals surface area contributed by atoms with Gasteiger partial charge in [0.25, 0.3) is 0 Å². The molecule has 3 fully saturated rings. The van der Waals surface area contributed by atoms with Crippen molar-refractivity contribution in [3.8, 4) is 0 Å². The van der Waals surface area contributed by atoms with Gasteiger partial charge in [-0.15, -0.1) is 0 Å². The second-order valence-electron chi connectivity index (χ2n) is 11.2. The van der Waals surface area contributed by atoms with Crippen molar-refractivity contribution in [2.45, 2.75) is 98.0 Å². The van der Waals surface area contributed by atoms with Gasteiger partial charge in [0.15, 0.2) is 0 Å². The fourth-order valence-corrected chi connectivity index (χ4v) is 8.47. The minimum absolute atomic E-state index is 0.0261. The van der Waals surface area contributed by atoms with Crippen molar-refractivity contribution in [1.82, 2.24) is 0 Å². The van der Waals surface area contributed by atoms with E-state index in [2.05, 4.69) is 26.8 Å². The second kappa shape index (κ2) is 8.02. The van der Waals surface area contributed by atoms with Crippen LogP contribution in [0.15, 0.2) is 11.6 Å². The Kier molecular flexibility index (Phi) is 5.92. The Morgan fingerprint density at radius 2 is 1.97 bits per heavy atom. The summed E-state index contributed by atoms with van der Waals surface area (Å²) in [7, 11) is 0. The van der Waals surface area contributed by atoms with E-state index in [9.17, 15) is 9.90 Å². The first kappa shape index (κ1) is 21.4. The van der Waals surface area contributed by atoms with Gasteiger partial charge >= 0.3 is 5.97 Å². The van der Waals surface area contributed by atoms with Gasteiger partial charge in [-0.1, -0.05) is 32.4 Å².